The van der Waals surface area contributed by atoms with Crippen LogP contribution in [0.15, 0.2) is 24.3 Å². The summed E-state index contributed by atoms with van der Waals surface area (Å²) >= 11 is 0. The first-order chi connectivity index (χ1) is 6.77. The zero-order valence-electron chi connectivity index (χ0n) is 10.3. The third-order valence-electron chi connectivity index (χ3n) is 2.74. The molecule has 0 N–H and O–H groups in total. The van der Waals surface area contributed by atoms with Gasteiger partial charge >= 0.3 is 0 Å². The first kappa shape index (κ1) is 11.8. The standard InChI is InChI=1S/C14H19N/c1-13(2,3)11-7-9-12(10-8-11)14(4,5)15-6/h7-10H,1-5H3. The van der Waals surface area contributed by atoms with Crippen LogP contribution in [0.4, 0.5) is 0 Å². The van der Waals surface area contributed by atoms with Crippen LogP contribution in [-0.2, 0) is 11.0 Å². The third kappa shape index (κ3) is 2.59. The average Bonchev–Trinajstić information content (AvgIpc) is 2.17. The molecule has 1 heteroatoms. The predicted octanol–water partition coefficient (Wildman–Crippen LogP) is 4.14. The minimum Gasteiger partial charge on any atom is -0.306 e. The van der Waals surface area contributed by atoms with Crippen LogP contribution in [0.1, 0.15) is 45.7 Å². The molecular weight excluding hydrogens is 182 g/mol. The number of hydrogen-bond acceptors (Lipinski definition) is 0. The van der Waals surface area contributed by atoms with E-state index in [2.05, 4.69) is 49.9 Å². The van der Waals surface area contributed by atoms with Gasteiger partial charge in [-0.05, 0) is 11.0 Å². The Morgan fingerprint density at radius 1 is 0.867 bits per heavy atom. The van der Waals surface area contributed by atoms with Crippen molar-refractivity contribution in [3.63, 3.8) is 0 Å². The topological polar surface area (TPSA) is 4.36 Å². The monoisotopic (exact) mass is 201 g/mol. The normalized spacial score (nSPS) is 12.3. The molecule has 1 nitrogen and oxygen atoms in total. The molecule has 0 atom stereocenters. The summed E-state index contributed by atoms with van der Waals surface area (Å²) in [5.41, 5.74) is 2.18. The minimum absolute atomic E-state index is 0.181. The van der Waals surface area contributed by atoms with Crippen molar-refractivity contribution < 1.29 is 0 Å². The SMILES string of the molecule is [C-]#[N+]C(C)(C)c1ccc(C(C)(C)C)cc1. The lowest BCUT2D eigenvalue weighted by Gasteiger charge is -2.20. The second-order valence-electron chi connectivity index (χ2n) is 5.50. The molecular formula is C14H19N. The highest BCUT2D eigenvalue weighted by Crippen LogP contribution is 2.28. The molecule has 0 spiro atoms. The highest BCUT2D eigenvalue weighted by molar-refractivity contribution is 5.32. The predicted molar refractivity (Wildman–Crippen MR) is 64.8 cm³/mol. The molecule has 0 radical (unpaired) electrons. The summed E-state index contributed by atoms with van der Waals surface area (Å²) < 4.78 is 0. The smallest absolute Gasteiger partial charge is 0.252 e. The number of benzene rings is 1. The van der Waals surface area contributed by atoms with Gasteiger partial charge in [0, 0.05) is 19.4 Å². The minimum atomic E-state index is -0.406. The van der Waals surface area contributed by atoms with Crippen molar-refractivity contribution in [1.82, 2.24) is 0 Å². The fraction of sp³-hybridized carbons (Fsp3) is 0.500. The summed E-state index contributed by atoms with van der Waals surface area (Å²) in [6.45, 7) is 17.6. The molecule has 0 aliphatic rings. The van der Waals surface area contributed by atoms with Crippen LogP contribution in [0, 0.1) is 6.57 Å². The van der Waals surface area contributed by atoms with E-state index in [1.54, 1.807) is 0 Å². The fourth-order valence-corrected chi connectivity index (χ4v) is 1.44. The van der Waals surface area contributed by atoms with Gasteiger partial charge in [-0.1, -0.05) is 45.0 Å². The van der Waals surface area contributed by atoms with E-state index in [1.807, 2.05) is 13.8 Å². The highest BCUT2D eigenvalue weighted by Gasteiger charge is 2.26. The van der Waals surface area contributed by atoms with Crippen LogP contribution >= 0.6 is 0 Å². The maximum absolute atomic E-state index is 7.14. The Morgan fingerprint density at radius 2 is 1.27 bits per heavy atom. The summed E-state index contributed by atoms with van der Waals surface area (Å²) in [5, 5.41) is 0. The van der Waals surface area contributed by atoms with E-state index in [0.717, 1.165) is 5.56 Å². The van der Waals surface area contributed by atoms with Gasteiger partial charge in [-0.3, -0.25) is 0 Å². The van der Waals surface area contributed by atoms with E-state index in [-0.39, 0.29) is 5.41 Å². The van der Waals surface area contributed by atoms with Crippen LogP contribution in [0.5, 0.6) is 0 Å². The van der Waals surface area contributed by atoms with Crippen LogP contribution in [-0.4, -0.2) is 0 Å². The van der Waals surface area contributed by atoms with E-state index in [1.165, 1.54) is 5.56 Å². The molecule has 0 aromatic heterocycles. The van der Waals surface area contributed by atoms with Gasteiger partial charge in [0.25, 0.3) is 5.54 Å². The van der Waals surface area contributed by atoms with Crippen molar-refractivity contribution in [1.29, 1.82) is 0 Å². The molecule has 0 amide bonds. The molecule has 80 valence electrons. The van der Waals surface area contributed by atoms with Crippen molar-refractivity contribution in [2.45, 2.75) is 45.6 Å². The summed E-state index contributed by atoms with van der Waals surface area (Å²) in [7, 11) is 0. The second-order valence-corrected chi connectivity index (χ2v) is 5.50. The second kappa shape index (κ2) is 3.70. The van der Waals surface area contributed by atoms with Gasteiger partial charge in [0.05, 0.1) is 0 Å². The Balaban J connectivity index is 3.08. The number of rotatable bonds is 1. The van der Waals surface area contributed by atoms with Gasteiger partial charge in [0.2, 0.25) is 0 Å². The van der Waals surface area contributed by atoms with Crippen molar-refractivity contribution in [3.05, 3.63) is 46.8 Å². The van der Waals surface area contributed by atoms with Crippen LogP contribution in [0.2, 0.25) is 0 Å². The molecule has 1 rings (SSSR count). The Hall–Kier alpha value is -1.29. The van der Waals surface area contributed by atoms with Crippen molar-refractivity contribution >= 4 is 0 Å². The van der Waals surface area contributed by atoms with Gasteiger partial charge in [-0.2, -0.15) is 0 Å². The van der Waals surface area contributed by atoms with Gasteiger partial charge in [0.15, 0.2) is 0 Å². The van der Waals surface area contributed by atoms with E-state index in [0.29, 0.717) is 0 Å². The molecule has 0 saturated carbocycles. The van der Waals surface area contributed by atoms with Gasteiger partial charge in [-0.15, -0.1) is 0 Å². The van der Waals surface area contributed by atoms with Gasteiger partial charge in [-0.25, -0.2) is 6.57 Å². The van der Waals surface area contributed by atoms with E-state index in [9.17, 15) is 0 Å². The maximum atomic E-state index is 7.14. The molecule has 0 fully saturated rings. The lowest BCUT2D eigenvalue weighted by molar-refractivity contribution is 0.588. The van der Waals surface area contributed by atoms with E-state index >= 15 is 0 Å². The van der Waals surface area contributed by atoms with Crippen molar-refractivity contribution in [2.75, 3.05) is 0 Å². The molecule has 0 aliphatic heterocycles. The largest absolute Gasteiger partial charge is 0.306 e. The highest BCUT2D eigenvalue weighted by atomic mass is 14.8. The Bertz CT molecular complexity index is 371. The lowest BCUT2D eigenvalue weighted by Crippen LogP contribution is -2.14. The molecule has 0 saturated heterocycles. The Labute approximate surface area is 93.0 Å². The fourth-order valence-electron chi connectivity index (χ4n) is 1.44. The lowest BCUT2D eigenvalue weighted by atomic mass is 9.85. The van der Waals surface area contributed by atoms with Crippen LogP contribution < -0.4 is 0 Å². The molecule has 0 heterocycles. The Morgan fingerprint density at radius 3 is 1.60 bits per heavy atom. The summed E-state index contributed by atoms with van der Waals surface area (Å²) in [5.74, 6) is 0. The van der Waals surface area contributed by atoms with Crippen molar-refractivity contribution in [3.8, 4) is 0 Å². The molecule has 0 bridgehead atoms. The number of nitrogens with zero attached hydrogens (tertiary/aromatic N) is 1. The third-order valence-corrected chi connectivity index (χ3v) is 2.74. The first-order valence-corrected chi connectivity index (χ1v) is 5.27. The first-order valence-electron chi connectivity index (χ1n) is 5.27. The van der Waals surface area contributed by atoms with E-state index in [4.69, 9.17) is 6.57 Å². The summed E-state index contributed by atoms with van der Waals surface area (Å²) in [6, 6.07) is 8.39. The quantitative estimate of drug-likeness (QED) is 0.601. The molecule has 1 aromatic rings. The van der Waals surface area contributed by atoms with Crippen molar-refractivity contribution in [2.24, 2.45) is 0 Å². The Kier molecular flexibility index (Phi) is 2.90. The summed E-state index contributed by atoms with van der Waals surface area (Å²) in [4.78, 5) is 3.63. The van der Waals surface area contributed by atoms with E-state index < -0.39 is 5.54 Å². The molecule has 0 unspecified atom stereocenters. The zero-order valence-corrected chi connectivity index (χ0v) is 10.3. The average molecular weight is 201 g/mol. The molecule has 15 heavy (non-hydrogen) atoms. The maximum Gasteiger partial charge on any atom is 0.252 e. The van der Waals surface area contributed by atoms with Gasteiger partial charge in [0.1, 0.15) is 0 Å². The molecule has 0 aliphatic carbocycles. The zero-order chi connectivity index (χ0) is 11.7. The van der Waals surface area contributed by atoms with Crippen LogP contribution in [0.3, 0.4) is 0 Å². The number of hydrogen-bond donors (Lipinski definition) is 0. The van der Waals surface area contributed by atoms with Crippen LogP contribution in [0.25, 0.3) is 4.85 Å². The summed E-state index contributed by atoms with van der Waals surface area (Å²) in [6.07, 6.45) is 0. The molecule has 1 aromatic carbocycles. The van der Waals surface area contributed by atoms with Gasteiger partial charge < -0.3 is 4.85 Å².